The monoisotopic (exact) mass is 505 g/mol. The predicted molar refractivity (Wildman–Crippen MR) is 127 cm³/mol. The lowest BCUT2D eigenvalue weighted by Crippen LogP contribution is -2.31. The summed E-state index contributed by atoms with van der Waals surface area (Å²) in [6.45, 7) is 1.90. The molecule has 0 bridgehead atoms. The van der Waals surface area contributed by atoms with Gasteiger partial charge < -0.3 is 25.4 Å². The standard InChI is InChI=1S/C24H26ClF2N5O3/c1-2-16(8-20-21(13-33)32(20)6-5-26)35-22-7-15(27)3-4-17(22)24(34)31-11-18(19(28)12-31)23-29-9-14(25)10-30-23/h3-4,7,9-10,13,16,20,33H,2,5-6,8,11-12,28H2,1H3/b21-13+/t16-,20?,32?/m1/s1. The van der Waals surface area contributed by atoms with Crippen LogP contribution in [-0.2, 0) is 0 Å². The zero-order valence-electron chi connectivity index (χ0n) is 19.1. The molecule has 0 spiro atoms. The van der Waals surface area contributed by atoms with Crippen LogP contribution in [0.25, 0.3) is 5.57 Å². The maximum atomic E-state index is 14.1. The minimum atomic E-state index is -0.540. The van der Waals surface area contributed by atoms with Crippen LogP contribution in [0.4, 0.5) is 8.78 Å². The zero-order chi connectivity index (χ0) is 25.1. The number of amides is 1. The van der Waals surface area contributed by atoms with Crippen LogP contribution in [0.3, 0.4) is 0 Å². The number of benzene rings is 1. The van der Waals surface area contributed by atoms with Crippen LogP contribution < -0.4 is 10.5 Å². The fourth-order valence-corrected chi connectivity index (χ4v) is 4.33. The number of ether oxygens (including phenoxy) is 1. The summed E-state index contributed by atoms with van der Waals surface area (Å²) in [4.78, 5) is 25.0. The largest absolute Gasteiger partial charge is 0.514 e. The van der Waals surface area contributed by atoms with Crippen molar-refractivity contribution in [3.63, 3.8) is 0 Å². The molecule has 0 aliphatic carbocycles. The smallest absolute Gasteiger partial charge is 0.258 e. The van der Waals surface area contributed by atoms with Crippen LogP contribution in [0.2, 0.25) is 5.02 Å². The van der Waals surface area contributed by atoms with Crippen molar-refractivity contribution >= 4 is 23.1 Å². The number of carbonyl (C=O) groups excluding carboxylic acids is 1. The number of nitrogens with zero attached hydrogens (tertiary/aromatic N) is 4. The lowest BCUT2D eigenvalue weighted by Gasteiger charge is -2.22. The van der Waals surface area contributed by atoms with Crippen molar-refractivity contribution in [1.82, 2.24) is 19.8 Å². The molecule has 4 rings (SSSR count). The second-order valence-electron chi connectivity index (χ2n) is 8.37. The van der Waals surface area contributed by atoms with Crippen LogP contribution >= 0.6 is 11.6 Å². The molecule has 186 valence electrons. The highest BCUT2D eigenvalue weighted by atomic mass is 35.5. The number of rotatable bonds is 9. The Morgan fingerprint density at radius 1 is 1.37 bits per heavy atom. The number of alkyl halides is 1. The van der Waals surface area contributed by atoms with Gasteiger partial charge in [0, 0.05) is 42.7 Å². The summed E-state index contributed by atoms with van der Waals surface area (Å²) in [5.74, 6) is -0.409. The molecule has 11 heteroatoms. The molecule has 1 unspecified atom stereocenters. The number of aromatic nitrogens is 2. The van der Waals surface area contributed by atoms with E-state index in [-0.39, 0.29) is 49.0 Å². The topological polar surface area (TPSA) is 105 Å². The number of carbonyl (C=O) groups is 1. The maximum Gasteiger partial charge on any atom is 0.258 e. The Morgan fingerprint density at radius 3 is 2.77 bits per heavy atom. The molecule has 3 heterocycles. The van der Waals surface area contributed by atoms with E-state index in [9.17, 15) is 18.7 Å². The molecule has 2 aromatic rings. The van der Waals surface area contributed by atoms with Crippen molar-refractivity contribution in [1.29, 1.82) is 0 Å². The quantitative estimate of drug-likeness (QED) is 0.395. The molecular formula is C24H26ClF2N5O3. The molecule has 1 amide bonds. The Kier molecular flexibility index (Phi) is 7.39. The summed E-state index contributed by atoms with van der Waals surface area (Å²) >= 11 is 5.86. The second kappa shape index (κ2) is 10.5. The highest BCUT2D eigenvalue weighted by Crippen LogP contribution is 2.37. The van der Waals surface area contributed by atoms with Gasteiger partial charge in [0.05, 0.1) is 35.4 Å². The third kappa shape index (κ3) is 5.32. The first-order chi connectivity index (χ1) is 16.9. The Bertz CT molecular complexity index is 1160. The SMILES string of the molecule is CC[C@H](CC1/C(=C\O)N1CCF)Oc1cc(F)ccc1C(=O)N1CC(N)=C(c2ncc(Cl)cn2)C1. The molecule has 1 aromatic carbocycles. The van der Waals surface area contributed by atoms with Crippen molar-refractivity contribution in [3.8, 4) is 5.75 Å². The molecule has 2 atom stereocenters. The number of hydrogen-bond acceptors (Lipinski definition) is 7. The number of aliphatic hydroxyl groups is 1. The van der Waals surface area contributed by atoms with Gasteiger partial charge in [-0.1, -0.05) is 18.5 Å². The molecule has 8 nitrogen and oxygen atoms in total. The van der Waals surface area contributed by atoms with Crippen LogP contribution in [0, 0.1) is 5.82 Å². The minimum Gasteiger partial charge on any atom is -0.514 e. The molecule has 35 heavy (non-hydrogen) atoms. The fraction of sp³-hybridized carbons (Fsp3) is 0.375. The lowest BCUT2D eigenvalue weighted by molar-refractivity contribution is 0.0789. The third-order valence-electron chi connectivity index (χ3n) is 6.12. The Labute approximate surface area is 206 Å². The van der Waals surface area contributed by atoms with Gasteiger partial charge in [-0.2, -0.15) is 0 Å². The van der Waals surface area contributed by atoms with E-state index < -0.39 is 12.5 Å². The molecular weight excluding hydrogens is 480 g/mol. The first kappa shape index (κ1) is 24.7. The van der Waals surface area contributed by atoms with Crippen LogP contribution in [-0.4, -0.2) is 69.2 Å². The van der Waals surface area contributed by atoms with E-state index in [1.54, 1.807) is 4.90 Å². The molecule has 0 saturated carbocycles. The molecule has 2 aliphatic heterocycles. The molecule has 1 aromatic heterocycles. The summed E-state index contributed by atoms with van der Waals surface area (Å²) in [7, 11) is 0. The molecule has 1 saturated heterocycles. The van der Waals surface area contributed by atoms with Crippen LogP contribution in [0.15, 0.2) is 48.2 Å². The van der Waals surface area contributed by atoms with Crippen molar-refractivity contribution in [2.45, 2.75) is 31.9 Å². The summed E-state index contributed by atoms with van der Waals surface area (Å²) in [6, 6.07) is 3.62. The van der Waals surface area contributed by atoms with Gasteiger partial charge in [0.25, 0.3) is 5.91 Å². The predicted octanol–water partition coefficient (Wildman–Crippen LogP) is 3.70. The first-order valence-electron chi connectivity index (χ1n) is 11.2. The number of halogens is 3. The summed E-state index contributed by atoms with van der Waals surface area (Å²) in [5, 5.41) is 9.75. The van der Waals surface area contributed by atoms with Crippen molar-refractivity contribution in [2.75, 3.05) is 26.3 Å². The average Bonchev–Trinajstić information content (AvgIpc) is 3.35. The van der Waals surface area contributed by atoms with E-state index in [2.05, 4.69) is 9.97 Å². The van der Waals surface area contributed by atoms with E-state index in [1.807, 2.05) is 6.92 Å². The highest BCUT2D eigenvalue weighted by molar-refractivity contribution is 6.30. The third-order valence-corrected chi connectivity index (χ3v) is 6.32. The Balaban J connectivity index is 1.49. The van der Waals surface area contributed by atoms with E-state index in [4.69, 9.17) is 22.1 Å². The Morgan fingerprint density at radius 2 is 2.11 bits per heavy atom. The van der Waals surface area contributed by atoms with Crippen LogP contribution in [0.5, 0.6) is 5.75 Å². The maximum absolute atomic E-state index is 14.1. The lowest BCUT2D eigenvalue weighted by atomic mass is 10.1. The second-order valence-corrected chi connectivity index (χ2v) is 8.80. The van der Waals surface area contributed by atoms with E-state index in [1.165, 1.54) is 35.5 Å². The van der Waals surface area contributed by atoms with Crippen molar-refractivity contribution in [3.05, 3.63) is 70.5 Å². The van der Waals surface area contributed by atoms with E-state index >= 15 is 0 Å². The van der Waals surface area contributed by atoms with Gasteiger partial charge in [0.1, 0.15) is 30.6 Å². The van der Waals surface area contributed by atoms with Crippen LogP contribution in [0.1, 0.15) is 35.9 Å². The van der Waals surface area contributed by atoms with Gasteiger partial charge in [0.15, 0.2) is 5.82 Å². The highest BCUT2D eigenvalue weighted by Gasteiger charge is 2.42. The molecule has 0 radical (unpaired) electrons. The Hall–Kier alpha value is -3.40. The first-order valence-corrected chi connectivity index (χ1v) is 11.6. The van der Waals surface area contributed by atoms with Crippen molar-refractivity contribution in [2.24, 2.45) is 5.73 Å². The summed E-state index contributed by atoms with van der Waals surface area (Å²) in [5.41, 5.74) is 8.09. The molecule has 1 fully saturated rings. The zero-order valence-corrected chi connectivity index (χ0v) is 19.9. The number of aliphatic hydroxyl groups excluding tert-OH is 1. The summed E-state index contributed by atoms with van der Waals surface area (Å²) in [6.07, 6.45) is 4.53. The molecule has 3 N–H and O–H groups in total. The average molecular weight is 506 g/mol. The van der Waals surface area contributed by atoms with E-state index in [0.717, 1.165) is 6.26 Å². The summed E-state index contributed by atoms with van der Waals surface area (Å²) < 4.78 is 33.0. The van der Waals surface area contributed by atoms with E-state index in [0.29, 0.717) is 40.7 Å². The van der Waals surface area contributed by atoms with Crippen molar-refractivity contribution < 1.29 is 23.4 Å². The van der Waals surface area contributed by atoms with Gasteiger partial charge in [-0.15, -0.1) is 0 Å². The minimum absolute atomic E-state index is 0.115. The fourth-order valence-electron chi connectivity index (χ4n) is 4.23. The van der Waals surface area contributed by atoms with Gasteiger partial charge in [-0.25, -0.2) is 18.7 Å². The number of hydrogen-bond donors (Lipinski definition) is 2. The normalized spacial score (nSPS) is 19.4. The number of nitrogens with two attached hydrogens (primary N) is 1. The van der Waals surface area contributed by atoms with Gasteiger partial charge in [-0.05, 0) is 18.6 Å². The van der Waals surface area contributed by atoms with Gasteiger partial charge >= 0.3 is 0 Å². The van der Waals surface area contributed by atoms with Gasteiger partial charge in [0.2, 0.25) is 0 Å². The van der Waals surface area contributed by atoms with Gasteiger partial charge in [-0.3, -0.25) is 4.79 Å². The molecule has 2 aliphatic rings.